The molecule has 1 heterocycles. The number of amides is 2. The zero-order valence-corrected chi connectivity index (χ0v) is 36.5. The highest BCUT2D eigenvalue weighted by Crippen LogP contribution is 2.56. The molecule has 6 aromatic carbocycles. The molecule has 13 heteroatoms. The molecule has 1 aliphatic rings. The van der Waals surface area contributed by atoms with Gasteiger partial charge in [0.05, 0.1) is 18.5 Å². The number of carbonyl (C=O) groups is 4. The maximum Gasteiger partial charge on any atom is 0.407 e. The third kappa shape index (κ3) is 10.7. The normalized spacial score (nSPS) is 12.1. The molecular formula is C52H50N2O11. The van der Waals surface area contributed by atoms with Gasteiger partial charge in [-0.2, -0.15) is 0 Å². The second-order valence-corrected chi connectivity index (χ2v) is 15.5. The molecule has 334 valence electrons. The summed E-state index contributed by atoms with van der Waals surface area (Å²) in [4.78, 5) is 47.6. The predicted molar refractivity (Wildman–Crippen MR) is 247 cm³/mol. The van der Waals surface area contributed by atoms with Gasteiger partial charge >= 0.3 is 24.1 Å². The van der Waals surface area contributed by atoms with Crippen molar-refractivity contribution in [2.75, 3.05) is 52.7 Å². The highest BCUT2D eigenvalue weighted by molar-refractivity contribution is 5.97. The van der Waals surface area contributed by atoms with Gasteiger partial charge in [0, 0.05) is 22.3 Å². The third-order valence-electron chi connectivity index (χ3n) is 10.8. The van der Waals surface area contributed by atoms with E-state index in [-0.39, 0.29) is 63.9 Å². The number of esters is 2. The molecule has 65 heavy (non-hydrogen) atoms. The van der Waals surface area contributed by atoms with E-state index in [1.54, 1.807) is 13.8 Å². The van der Waals surface area contributed by atoms with Crippen molar-refractivity contribution in [3.05, 3.63) is 156 Å². The summed E-state index contributed by atoms with van der Waals surface area (Å²) in [6.07, 6.45) is -1.32. The maximum absolute atomic E-state index is 12.3. The number of benzene rings is 6. The van der Waals surface area contributed by atoms with E-state index in [0.717, 1.165) is 49.4 Å². The van der Waals surface area contributed by atoms with Crippen LogP contribution in [0.3, 0.4) is 0 Å². The van der Waals surface area contributed by atoms with Crippen LogP contribution in [0, 0.1) is 0 Å². The molecule has 0 bridgehead atoms. The Kier molecular flexibility index (Phi) is 14.3. The molecule has 0 saturated heterocycles. The van der Waals surface area contributed by atoms with E-state index < -0.39 is 29.5 Å². The van der Waals surface area contributed by atoms with Crippen LogP contribution < -0.4 is 24.8 Å². The Labute approximate surface area is 376 Å². The molecular weight excluding hydrogens is 829 g/mol. The fourth-order valence-corrected chi connectivity index (χ4v) is 7.63. The number of fused-ring (bicyclic) bond motifs is 6. The van der Waals surface area contributed by atoms with Gasteiger partial charge in [0.25, 0.3) is 0 Å². The number of carbonyl (C=O) groups excluding carboxylic acids is 4. The van der Waals surface area contributed by atoms with E-state index in [4.69, 9.17) is 33.2 Å². The van der Waals surface area contributed by atoms with Gasteiger partial charge in [-0.3, -0.25) is 0 Å². The first-order valence-corrected chi connectivity index (χ1v) is 21.1. The molecule has 0 atom stereocenters. The molecule has 0 spiro atoms. The largest absolute Gasteiger partial charge is 0.490 e. The first kappa shape index (κ1) is 45.2. The Morgan fingerprint density at radius 1 is 0.538 bits per heavy atom. The lowest BCUT2D eigenvalue weighted by molar-refractivity contribution is -0.139. The summed E-state index contributed by atoms with van der Waals surface area (Å²) >= 11 is 0. The van der Waals surface area contributed by atoms with Gasteiger partial charge in [0.1, 0.15) is 62.6 Å². The highest BCUT2D eigenvalue weighted by atomic mass is 16.6. The van der Waals surface area contributed by atoms with Crippen LogP contribution in [0.2, 0.25) is 0 Å². The number of hydrogen-bond donors (Lipinski definition) is 2. The molecule has 0 unspecified atom stereocenters. The van der Waals surface area contributed by atoms with Crippen molar-refractivity contribution in [3.8, 4) is 34.1 Å². The zero-order valence-electron chi connectivity index (χ0n) is 36.5. The second-order valence-electron chi connectivity index (χ2n) is 15.5. The summed E-state index contributed by atoms with van der Waals surface area (Å²) in [7, 11) is 0. The molecule has 7 rings (SSSR count). The molecule has 0 saturated carbocycles. The van der Waals surface area contributed by atoms with E-state index in [2.05, 4.69) is 67.1 Å². The van der Waals surface area contributed by atoms with Crippen molar-refractivity contribution in [2.45, 2.75) is 26.2 Å². The van der Waals surface area contributed by atoms with E-state index in [9.17, 15) is 19.2 Å². The SMILES string of the molecule is C=C(C)C(=O)OCCNC(=O)OCCOc1ccc2ccc3c(c2c1)C(C)(c1ccc(-c2ccccc2)cc1)c1c(ccc2ccc(OCCOC(=O)NCCOC(=O)C(=C)C)cc12)O3. The summed E-state index contributed by atoms with van der Waals surface area (Å²) in [5.41, 5.74) is 4.86. The lowest BCUT2D eigenvalue weighted by atomic mass is 9.66. The number of hydrogen-bond acceptors (Lipinski definition) is 11. The minimum atomic E-state index is -0.784. The predicted octanol–water partition coefficient (Wildman–Crippen LogP) is 9.57. The fourth-order valence-electron chi connectivity index (χ4n) is 7.63. The van der Waals surface area contributed by atoms with Gasteiger partial charge in [-0.15, -0.1) is 0 Å². The van der Waals surface area contributed by atoms with Crippen LogP contribution in [0.1, 0.15) is 37.5 Å². The first-order chi connectivity index (χ1) is 31.4. The number of rotatable bonds is 18. The average Bonchev–Trinajstić information content (AvgIpc) is 3.31. The summed E-state index contributed by atoms with van der Waals surface area (Å²) in [6.45, 7) is 12.7. The number of ether oxygens (including phenoxy) is 7. The third-order valence-corrected chi connectivity index (χ3v) is 10.8. The van der Waals surface area contributed by atoms with Crippen LogP contribution in [-0.2, 0) is 34.0 Å². The number of alkyl carbamates (subject to hydrolysis) is 2. The van der Waals surface area contributed by atoms with Crippen LogP contribution in [-0.4, -0.2) is 76.9 Å². The smallest absolute Gasteiger partial charge is 0.407 e. The van der Waals surface area contributed by atoms with Gasteiger partial charge in [0.15, 0.2) is 0 Å². The average molecular weight is 879 g/mol. The van der Waals surface area contributed by atoms with E-state index in [0.29, 0.717) is 23.0 Å². The minimum absolute atomic E-state index is 0.00841. The molecule has 13 nitrogen and oxygen atoms in total. The monoisotopic (exact) mass is 878 g/mol. The first-order valence-electron chi connectivity index (χ1n) is 21.1. The summed E-state index contributed by atoms with van der Waals surface area (Å²) in [6, 6.07) is 38.6. The highest BCUT2D eigenvalue weighted by Gasteiger charge is 2.42. The molecule has 6 aromatic rings. The van der Waals surface area contributed by atoms with Crippen LogP contribution in [0.15, 0.2) is 140 Å². The van der Waals surface area contributed by atoms with Crippen molar-refractivity contribution in [3.63, 3.8) is 0 Å². The van der Waals surface area contributed by atoms with Crippen molar-refractivity contribution in [2.24, 2.45) is 0 Å². The molecule has 1 aliphatic heterocycles. The minimum Gasteiger partial charge on any atom is -0.490 e. The molecule has 2 amide bonds. The Morgan fingerprint density at radius 2 is 0.985 bits per heavy atom. The molecule has 2 N–H and O–H groups in total. The fraction of sp³-hybridized carbons (Fsp3) is 0.231. The quantitative estimate of drug-likeness (QED) is 0.0367. The summed E-state index contributed by atoms with van der Waals surface area (Å²) in [5, 5.41) is 8.86. The van der Waals surface area contributed by atoms with E-state index >= 15 is 0 Å². The maximum atomic E-state index is 12.3. The van der Waals surface area contributed by atoms with Crippen LogP contribution in [0.5, 0.6) is 23.0 Å². The van der Waals surface area contributed by atoms with E-state index in [1.807, 2.05) is 78.9 Å². The number of nitrogens with one attached hydrogen (secondary N) is 2. The molecule has 0 radical (unpaired) electrons. The van der Waals surface area contributed by atoms with Crippen LogP contribution in [0.25, 0.3) is 32.7 Å². The zero-order chi connectivity index (χ0) is 45.9. The van der Waals surface area contributed by atoms with Gasteiger partial charge < -0.3 is 43.8 Å². The Bertz CT molecular complexity index is 2610. The van der Waals surface area contributed by atoms with Gasteiger partial charge in [0.2, 0.25) is 0 Å². The van der Waals surface area contributed by atoms with Crippen molar-refractivity contribution in [1.29, 1.82) is 0 Å². The van der Waals surface area contributed by atoms with Crippen molar-refractivity contribution in [1.82, 2.24) is 10.6 Å². The standard InChI is InChI=1S/C52H50N2O11/c1-33(2)48(55)61-25-23-53-50(57)63-29-27-59-40-19-13-37-15-21-44-46(42(37)31-40)52(5,39-17-11-36(12-18-39)35-9-7-6-8-10-35)47-43-32-41(20-14-38(43)16-22-45(47)65-44)60-28-30-64-51(58)54-24-26-62-49(56)34(3)4/h6-22,31-32H,1,3,23-30H2,2,4-5H3,(H,53,57)(H,54,58). The molecule has 0 fully saturated rings. The Hall–Kier alpha value is -7.80. The van der Waals surface area contributed by atoms with Gasteiger partial charge in [-0.05, 0) is 95.4 Å². The Morgan fingerprint density at radius 3 is 1.45 bits per heavy atom. The Balaban J connectivity index is 1.14. The van der Waals surface area contributed by atoms with Crippen molar-refractivity contribution < 1.29 is 52.3 Å². The molecule has 0 aliphatic carbocycles. The van der Waals surface area contributed by atoms with Crippen LogP contribution >= 0.6 is 0 Å². The van der Waals surface area contributed by atoms with Gasteiger partial charge in [-0.1, -0.05) is 92.0 Å². The van der Waals surface area contributed by atoms with Crippen LogP contribution in [0.4, 0.5) is 9.59 Å². The lowest BCUT2D eigenvalue weighted by Crippen LogP contribution is -2.30. The second kappa shape index (κ2) is 20.6. The lowest BCUT2D eigenvalue weighted by Gasteiger charge is -2.40. The summed E-state index contributed by atoms with van der Waals surface area (Å²) < 4.78 is 39.6. The van der Waals surface area contributed by atoms with E-state index in [1.165, 1.54) is 0 Å². The summed E-state index contributed by atoms with van der Waals surface area (Å²) in [5.74, 6) is 1.48. The topological polar surface area (TPSA) is 157 Å². The van der Waals surface area contributed by atoms with Crippen molar-refractivity contribution >= 4 is 45.7 Å². The molecule has 0 aromatic heterocycles. The van der Waals surface area contributed by atoms with Gasteiger partial charge in [-0.25, -0.2) is 19.2 Å².